The predicted molar refractivity (Wildman–Crippen MR) is 63.6 cm³/mol. The Morgan fingerprint density at radius 2 is 2.00 bits per heavy atom. The van der Waals surface area contributed by atoms with Gasteiger partial charge in [-0.1, -0.05) is 18.2 Å². The van der Waals surface area contributed by atoms with Gasteiger partial charge in [-0.05, 0) is 26.0 Å². The van der Waals surface area contributed by atoms with Crippen LogP contribution in [0.15, 0.2) is 41.7 Å². The number of hydrogen-bond donors (Lipinski definition) is 3. The molecule has 86 valence electrons. The summed E-state index contributed by atoms with van der Waals surface area (Å²) in [6.07, 6.45) is 0. The highest BCUT2D eigenvalue weighted by atomic mass is 16.2. The van der Waals surface area contributed by atoms with Gasteiger partial charge in [0.2, 0.25) is 0 Å². The van der Waals surface area contributed by atoms with Crippen molar-refractivity contribution in [1.29, 1.82) is 0 Å². The Morgan fingerprint density at radius 3 is 2.56 bits per heavy atom. The lowest BCUT2D eigenvalue weighted by molar-refractivity contribution is -0.479. The van der Waals surface area contributed by atoms with Gasteiger partial charge in [0.15, 0.2) is 5.70 Å². The number of primary amides is 1. The van der Waals surface area contributed by atoms with Crippen LogP contribution in [0.5, 0.6) is 0 Å². The molecule has 0 aliphatic rings. The fourth-order valence-corrected chi connectivity index (χ4v) is 1.32. The molecule has 0 aliphatic carbocycles. The summed E-state index contributed by atoms with van der Waals surface area (Å²) in [7, 11) is 0. The summed E-state index contributed by atoms with van der Waals surface area (Å²) in [5, 5.41) is 4.56. The van der Waals surface area contributed by atoms with E-state index in [1.807, 2.05) is 37.3 Å². The van der Waals surface area contributed by atoms with Gasteiger partial charge >= 0.3 is 5.91 Å². The molecule has 0 saturated heterocycles. The molecule has 0 saturated carbocycles. The van der Waals surface area contributed by atoms with E-state index in [0.717, 1.165) is 17.9 Å². The topological polar surface area (TPSA) is 71.7 Å². The van der Waals surface area contributed by atoms with Crippen LogP contribution in [0.25, 0.3) is 0 Å². The van der Waals surface area contributed by atoms with Gasteiger partial charge in [0.1, 0.15) is 5.69 Å². The first-order chi connectivity index (χ1) is 7.65. The van der Waals surface area contributed by atoms with E-state index in [1.54, 1.807) is 6.92 Å². The second-order valence-electron chi connectivity index (χ2n) is 3.49. The van der Waals surface area contributed by atoms with E-state index in [4.69, 9.17) is 5.73 Å². The monoisotopic (exact) mass is 220 g/mol. The zero-order valence-electron chi connectivity index (χ0n) is 9.66. The Kier molecular flexibility index (Phi) is 4.54. The Bertz CT molecular complexity index is 385. The quantitative estimate of drug-likeness (QED) is 0.501. The summed E-state index contributed by atoms with van der Waals surface area (Å²) in [6.45, 7) is 4.52. The lowest BCUT2D eigenvalue weighted by Crippen LogP contribution is -2.83. The minimum Gasteiger partial charge on any atom is -0.389 e. The number of carbonyl (C=O) groups excluding carboxylic acids is 1. The van der Waals surface area contributed by atoms with Crippen LogP contribution in [-0.2, 0) is 4.79 Å². The molecule has 4 heteroatoms. The molecule has 0 fully saturated rings. The van der Waals surface area contributed by atoms with Gasteiger partial charge in [0.05, 0.1) is 0 Å². The van der Waals surface area contributed by atoms with Crippen molar-refractivity contribution in [3.05, 3.63) is 41.7 Å². The van der Waals surface area contributed by atoms with E-state index in [1.165, 1.54) is 5.32 Å². The molecule has 1 aromatic rings. The zero-order chi connectivity index (χ0) is 12.0. The fraction of sp³-hybridized carbons (Fsp3) is 0.250. The molecule has 0 aliphatic heterocycles. The van der Waals surface area contributed by atoms with Crippen LogP contribution in [0.1, 0.15) is 13.8 Å². The maximum atomic E-state index is 11.8. The number of nitrogens with two attached hydrogens (primary N) is 2. The van der Waals surface area contributed by atoms with Crippen LogP contribution >= 0.6 is 0 Å². The molecule has 1 amide bonds. The van der Waals surface area contributed by atoms with E-state index in [0.29, 0.717) is 0 Å². The van der Waals surface area contributed by atoms with Crippen molar-refractivity contribution in [2.24, 2.45) is 5.73 Å². The first-order valence-corrected chi connectivity index (χ1v) is 5.29. The van der Waals surface area contributed by atoms with E-state index in [2.05, 4.69) is 5.32 Å². The second-order valence-corrected chi connectivity index (χ2v) is 3.49. The van der Waals surface area contributed by atoms with Crippen molar-refractivity contribution in [1.82, 2.24) is 5.32 Å². The van der Waals surface area contributed by atoms with E-state index >= 15 is 0 Å². The number of para-hydroxylation sites is 1. The number of benzene rings is 1. The van der Waals surface area contributed by atoms with E-state index in [-0.39, 0.29) is 11.6 Å². The van der Waals surface area contributed by atoms with Crippen LogP contribution in [0.2, 0.25) is 0 Å². The first kappa shape index (κ1) is 12.3. The Labute approximate surface area is 95.5 Å². The summed E-state index contributed by atoms with van der Waals surface area (Å²) in [6, 6.07) is 9.42. The summed E-state index contributed by atoms with van der Waals surface area (Å²) >= 11 is 0. The molecular formula is C12H18N3O+. The Balaban J connectivity index is 2.69. The average Bonchev–Trinajstić information content (AvgIpc) is 2.29. The van der Waals surface area contributed by atoms with E-state index in [9.17, 15) is 4.79 Å². The molecule has 1 aromatic carbocycles. The van der Waals surface area contributed by atoms with Crippen LogP contribution in [-0.4, -0.2) is 12.5 Å². The minimum atomic E-state index is -0.162. The van der Waals surface area contributed by atoms with Gasteiger partial charge in [-0.2, -0.15) is 0 Å². The first-order valence-electron chi connectivity index (χ1n) is 5.29. The van der Waals surface area contributed by atoms with Gasteiger partial charge < -0.3 is 11.1 Å². The Hall–Kier alpha value is -1.81. The summed E-state index contributed by atoms with van der Waals surface area (Å²) < 4.78 is 0. The number of carbonyl (C=O) groups is 1. The normalized spacial score (nSPS) is 11.9. The standard InChI is InChI=1S/C12H17N3O/c1-3-14-9(2)11(13)12(16)15-10-7-5-4-6-8-10/h4-8,14H,3,13H2,1-2H3,(H,15,16)/p+1. The zero-order valence-corrected chi connectivity index (χ0v) is 9.66. The minimum absolute atomic E-state index is 0.162. The van der Waals surface area contributed by atoms with Crippen molar-refractivity contribution >= 4 is 11.6 Å². The predicted octanol–water partition coefficient (Wildman–Crippen LogP) is 0.208. The number of rotatable bonds is 4. The van der Waals surface area contributed by atoms with E-state index < -0.39 is 0 Å². The van der Waals surface area contributed by atoms with Gasteiger partial charge in [-0.15, -0.1) is 0 Å². The molecule has 1 rings (SSSR count). The summed E-state index contributed by atoms with van der Waals surface area (Å²) in [5.41, 5.74) is 7.58. The molecule has 0 aromatic heterocycles. The largest absolute Gasteiger partial charge is 0.389 e. The number of quaternary nitrogens is 1. The van der Waals surface area contributed by atoms with Crippen LogP contribution < -0.4 is 16.4 Å². The van der Waals surface area contributed by atoms with Gasteiger partial charge in [0, 0.05) is 12.2 Å². The summed E-state index contributed by atoms with van der Waals surface area (Å²) in [4.78, 5) is 11.8. The third kappa shape index (κ3) is 3.40. The Morgan fingerprint density at radius 1 is 1.38 bits per heavy atom. The van der Waals surface area contributed by atoms with Crippen molar-refractivity contribution < 1.29 is 10.1 Å². The summed E-state index contributed by atoms with van der Waals surface area (Å²) in [5.74, 6) is -0.162. The van der Waals surface area contributed by atoms with Gasteiger partial charge in [-0.25, -0.2) is 10.1 Å². The van der Waals surface area contributed by atoms with Gasteiger partial charge in [-0.3, -0.25) is 0 Å². The van der Waals surface area contributed by atoms with Crippen LogP contribution in [0.4, 0.5) is 5.69 Å². The number of amides is 1. The van der Waals surface area contributed by atoms with Crippen molar-refractivity contribution in [3.8, 4) is 0 Å². The molecule has 0 spiro atoms. The lowest BCUT2D eigenvalue weighted by atomic mass is 10.3. The third-order valence-corrected chi connectivity index (χ3v) is 2.21. The van der Waals surface area contributed by atoms with Gasteiger partial charge in [0.25, 0.3) is 0 Å². The highest BCUT2D eigenvalue weighted by Crippen LogP contribution is 1.97. The lowest BCUT2D eigenvalue weighted by Gasteiger charge is -2.06. The molecule has 4 nitrogen and oxygen atoms in total. The average molecular weight is 220 g/mol. The molecule has 16 heavy (non-hydrogen) atoms. The maximum Gasteiger partial charge on any atom is 0.365 e. The smallest absolute Gasteiger partial charge is 0.365 e. The SMILES string of the molecule is CCNC(C)=C(N)C(=O)[NH2+]c1ccccc1. The maximum absolute atomic E-state index is 11.8. The molecule has 0 unspecified atom stereocenters. The number of hydrogen-bond acceptors (Lipinski definition) is 3. The molecule has 0 atom stereocenters. The molecule has 0 heterocycles. The highest BCUT2D eigenvalue weighted by Gasteiger charge is 2.13. The third-order valence-electron chi connectivity index (χ3n) is 2.21. The fourth-order valence-electron chi connectivity index (χ4n) is 1.32. The number of nitrogens with one attached hydrogen (secondary N) is 1. The van der Waals surface area contributed by atoms with Crippen LogP contribution in [0.3, 0.4) is 0 Å². The van der Waals surface area contributed by atoms with Crippen molar-refractivity contribution in [2.75, 3.05) is 6.54 Å². The molecule has 0 radical (unpaired) electrons. The van der Waals surface area contributed by atoms with Crippen LogP contribution in [0, 0.1) is 0 Å². The van der Waals surface area contributed by atoms with Crippen molar-refractivity contribution in [2.45, 2.75) is 13.8 Å². The molecule has 5 N–H and O–H groups in total. The molecule has 0 bridgehead atoms. The molecular weight excluding hydrogens is 202 g/mol. The van der Waals surface area contributed by atoms with Crippen molar-refractivity contribution in [3.63, 3.8) is 0 Å². The highest BCUT2D eigenvalue weighted by molar-refractivity contribution is 5.86. The second kappa shape index (κ2) is 5.92. The number of allylic oxidation sites excluding steroid dienone is 1.